The van der Waals surface area contributed by atoms with E-state index in [1.807, 2.05) is 4.68 Å². The normalized spacial score (nSPS) is 13.8. The SMILES string of the molecule is CCCNC(c1c(OC)cnn1C(C)C)C(C)(C)OC. The fourth-order valence-corrected chi connectivity index (χ4v) is 2.28. The Morgan fingerprint density at radius 2 is 2.00 bits per heavy atom. The lowest BCUT2D eigenvalue weighted by atomic mass is 9.94. The van der Waals surface area contributed by atoms with Crippen molar-refractivity contribution in [3.63, 3.8) is 0 Å². The van der Waals surface area contributed by atoms with E-state index in [0.717, 1.165) is 24.4 Å². The van der Waals surface area contributed by atoms with Gasteiger partial charge < -0.3 is 14.8 Å². The number of hydrogen-bond acceptors (Lipinski definition) is 4. The van der Waals surface area contributed by atoms with Crippen LogP contribution in [-0.2, 0) is 4.74 Å². The van der Waals surface area contributed by atoms with Crippen LogP contribution in [0.1, 0.15) is 58.8 Å². The predicted molar refractivity (Wildman–Crippen MR) is 81.3 cm³/mol. The number of nitrogens with one attached hydrogen (secondary N) is 1. The zero-order chi connectivity index (χ0) is 15.3. The Morgan fingerprint density at radius 3 is 2.45 bits per heavy atom. The van der Waals surface area contributed by atoms with E-state index in [-0.39, 0.29) is 17.7 Å². The van der Waals surface area contributed by atoms with E-state index in [4.69, 9.17) is 9.47 Å². The Balaban J connectivity index is 3.28. The largest absolute Gasteiger partial charge is 0.493 e. The summed E-state index contributed by atoms with van der Waals surface area (Å²) in [4.78, 5) is 0. The van der Waals surface area contributed by atoms with E-state index in [1.165, 1.54) is 0 Å². The third kappa shape index (κ3) is 3.52. The summed E-state index contributed by atoms with van der Waals surface area (Å²) in [5.74, 6) is 0.803. The van der Waals surface area contributed by atoms with Crippen LogP contribution in [0, 0.1) is 0 Å². The number of rotatable bonds is 8. The molecule has 20 heavy (non-hydrogen) atoms. The van der Waals surface area contributed by atoms with Gasteiger partial charge in [0.15, 0.2) is 5.75 Å². The molecule has 0 aliphatic heterocycles. The summed E-state index contributed by atoms with van der Waals surface area (Å²) in [7, 11) is 3.42. The van der Waals surface area contributed by atoms with E-state index in [2.05, 4.69) is 45.0 Å². The first-order valence-electron chi connectivity index (χ1n) is 7.28. The molecule has 0 aliphatic carbocycles. The van der Waals surface area contributed by atoms with Crippen LogP contribution in [-0.4, -0.2) is 36.1 Å². The van der Waals surface area contributed by atoms with Gasteiger partial charge in [0.25, 0.3) is 0 Å². The first-order valence-corrected chi connectivity index (χ1v) is 7.28. The minimum absolute atomic E-state index is 0.0206. The summed E-state index contributed by atoms with van der Waals surface area (Å²) < 4.78 is 13.2. The quantitative estimate of drug-likeness (QED) is 0.797. The van der Waals surface area contributed by atoms with E-state index < -0.39 is 0 Å². The molecule has 5 nitrogen and oxygen atoms in total. The minimum Gasteiger partial charge on any atom is -0.493 e. The lowest BCUT2D eigenvalue weighted by Gasteiger charge is -2.35. The average Bonchev–Trinajstić information content (AvgIpc) is 2.82. The highest BCUT2D eigenvalue weighted by Gasteiger charge is 2.35. The molecule has 1 rings (SSSR count). The second-order valence-electron chi connectivity index (χ2n) is 5.83. The molecule has 0 amide bonds. The lowest BCUT2D eigenvalue weighted by Crippen LogP contribution is -2.42. The number of ether oxygens (including phenoxy) is 2. The number of nitrogens with zero attached hydrogens (tertiary/aromatic N) is 2. The molecule has 0 saturated carbocycles. The molecule has 1 aromatic rings. The zero-order valence-corrected chi connectivity index (χ0v) is 13.9. The number of hydrogen-bond donors (Lipinski definition) is 1. The smallest absolute Gasteiger partial charge is 0.161 e. The monoisotopic (exact) mass is 283 g/mol. The number of methoxy groups -OCH3 is 2. The van der Waals surface area contributed by atoms with Gasteiger partial charge in [0.05, 0.1) is 24.9 Å². The Bertz CT molecular complexity index is 413. The highest BCUT2D eigenvalue weighted by molar-refractivity contribution is 5.30. The van der Waals surface area contributed by atoms with Crippen LogP contribution in [0.3, 0.4) is 0 Å². The van der Waals surface area contributed by atoms with Gasteiger partial charge in [0, 0.05) is 13.2 Å². The summed E-state index contributed by atoms with van der Waals surface area (Å²) in [6.45, 7) is 11.5. The molecular weight excluding hydrogens is 254 g/mol. The molecule has 0 saturated heterocycles. The predicted octanol–water partition coefficient (Wildman–Crippen LogP) is 2.94. The molecule has 1 heterocycles. The second-order valence-corrected chi connectivity index (χ2v) is 5.83. The highest BCUT2D eigenvalue weighted by atomic mass is 16.5. The molecule has 0 aliphatic rings. The molecule has 1 aromatic heterocycles. The summed E-state index contributed by atoms with van der Waals surface area (Å²) in [5, 5.41) is 8.03. The average molecular weight is 283 g/mol. The molecule has 5 heteroatoms. The van der Waals surface area contributed by atoms with Gasteiger partial charge in [-0.15, -0.1) is 0 Å². The van der Waals surface area contributed by atoms with Gasteiger partial charge in [-0.25, -0.2) is 0 Å². The van der Waals surface area contributed by atoms with Crippen molar-refractivity contribution in [3.05, 3.63) is 11.9 Å². The maximum atomic E-state index is 5.70. The molecule has 0 spiro atoms. The third-order valence-electron chi connectivity index (χ3n) is 3.60. The van der Waals surface area contributed by atoms with Gasteiger partial charge in [0.1, 0.15) is 5.69 Å². The van der Waals surface area contributed by atoms with Crippen LogP contribution in [0.15, 0.2) is 6.20 Å². The van der Waals surface area contributed by atoms with Crippen molar-refractivity contribution in [2.24, 2.45) is 0 Å². The Hall–Kier alpha value is -1.07. The second kappa shape index (κ2) is 7.09. The molecule has 0 fully saturated rings. The van der Waals surface area contributed by atoms with Gasteiger partial charge in [-0.05, 0) is 40.7 Å². The van der Waals surface area contributed by atoms with Gasteiger partial charge in [-0.1, -0.05) is 6.92 Å². The highest BCUT2D eigenvalue weighted by Crippen LogP contribution is 2.35. The molecule has 0 radical (unpaired) electrons. The summed E-state index contributed by atoms with van der Waals surface area (Å²) in [6.07, 6.45) is 2.84. The lowest BCUT2D eigenvalue weighted by molar-refractivity contribution is -0.0143. The van der Waals surface area contributed by atoms with E-state index in [1.54, 1.807) is 20.4 Å². The first-order chi connectivity index (χ1) is 9.38. The summed E-state index contributed by atoms with van der Waals surface area (Å²) in [5.41, 5.74) is 0.692. The van der Waals surface area contributed by atoms with Crippen molar-refractivity contribution < 1.29 is 9.47 Å². The maximum Gasteiger partial charge on any atom is 0.161 e. The van der Waals surface area contributed by atoms with Gasteiger partial charge in [-0.3, -0.25) is 4.68 Å². The maximum absolute atomic E-state index is 5.70. The zero-order valence-electron chi connectivity index (χ0n) is 13.9. The van der Waals surface area contributed by atoms with Crippen molar-refractivity contribution >= 4 is 0 Å². The van der Waals surface area contributed by atoms with Crippen LogP contribution in [0.5, 0.6) is 5.75 Å². The van der Waals surface area contributed by atoms with Crippen LogP contribution in [0.4, 0.5) is 0 Å². The molecule has 1 unspecified atom stereocenters. The van der Waals surface area contributed by atoms with Crippen molar-refractivity contribution in [2.45, 2.75) is 58.7 Å². The topological polar surface area (TPSA) is 48.3 Å². The van der Waals surface area contributed by atoms with Crippen LogP contribution in [0.25, 0.3) is 0 Å². The third-order valence-corrected chi connectivity index (χ3v) is 3.60. The van der Waals surface area contributed by atoms with Crippen molar-refractivity contribution in [2.75, 3.05) is 20.8 Å². The van der Waals surface area contributed by atoms with Gasteiger partial charge >= 0.3 is 0 Å². The molecular formula is C15H29N3O2. The van der Waals surface area contributed by atoms with Crippen LogP contribution in [0.2, 0.25) is 0 Å². The van der Waals surface area contributed by atoms with Crippen molar-refractivity contribution in [1.29, 1.82) is 0 Å². The molecule has 1 atom stereocenters. The Labute approximate surface area is 122 Å². The van der Waals surface area contributed by atoms with Gasteiger partial charge in [-0.2, -0.15) is 5.10 Å². The van der Waals surface area contributed by atoms with E-state index in [9.17, 15) is 0 Å². The molecule has 0 aromatic carbocycles. The molecule has 0 bridgehead atoms. The fraction of sp³-hybridized carbons (Fsp3) is 0.800. The van der Waals surface area contributed by atoms with Crippen LogP contribution < -0.4 is 10.1 Å². The minimum atomic E-state index is -0.352. The van der Waals surface area contributed by atoms with Crippen molar-refractivity contribution in [1.82, 2.24) is 15.1 Å². The van der Waals surface area contributed by atoms with E-state index >= 15 is 0 Å². The van der Waals surface area contributed by atoms with Crippen LogP contribution >= 0.6 is 0 Å². The molecule has 116 valence electrons. The van der Waals surface area contributed by atoms with Crippen molar-refractivity contribution in [3.8, 4) is 5.75 Å². The Kier molecular flexibility index (Phi) is 6.02. The Morgan fingerprint density at radius 1 is 1.35 bits per heavy atom. The summed E-state index contributed by atoms with van der Waals surface area (Å²) in [6, 6.07) is 0.291. The molecule has 1 N–H and O–H groups in total. The van der Waals surface area contributed by atoms with Gasteiger partial charge in [0.2, 0.25) is 0 Å². The fourth-order valence-electron chi connectivity index (χ4n) is 2.28. The van der Waals surface area contributed by atoms with E-state index in [0.29, 0.717) is 0 Å². The number of aromatic nitrogens is 2. The summed E-state index contributed by atoms with van der Waals surface area (Å²) >= 11 is 0. The standard InChI is InChI=1S/C15H29N3O2/c1-8-9-16-14(15(4,5)20-7)13-12(19-6)10-17-18(13)11(2)3/h10-11,14,16H,8-9H2,1-7H3. The first kappa shape index (κ1) is 17.0.